The summed E-state index contributed by atoms with van der Waals surface area (Å²) in [7, 11) is 0. The first-order valence-electron chi connectivity index (χ1n) is 12.0. The quantitative estimate of drug-likeness (QED) is 0.184. The van der Waals surface area contributed by atoms with Crippen molar-refractivity contribution < 1.29 is 19.4 Å². The number of aromatic nitrogens is 3. The van der Waals surface area contributed by atoms with Gasteiger partial charge < -0.3 is 19.9 Å². The molecule has 0 fully saturated rings. The third kappa shape index (κ3) is 5.45. The number of ether oxygens (including phenoxy) is 2. The Kier molecular flexibility index (Phi) is 7.78. The third-order valence-corrected chi connectivity index (χ3v) is 7.31. The Morgan fingerprint density at radius 2 is 1.95 bits per heavy atom. The molecule has 0 unspecified atom stereocenters. The van der Waals surface area contributed by atoms with Crippen LogP contribution in [0.2, 0.25) is 5.02 Å². The number of aliphatic hydroxyl groups is 1. The maximum atomic E-state index is 12.8. The van der Waals surface area contributed by atoms with Gasteiger partial charge in [-0.2, -0.15) is 4.98 Å². The van der Waals surface area contributed by atoms with Crippen LogP contribution in [-0.4, -0.2) is 38.3 Å². The van der Waals surface area contributed by atoms with Crippen molar-refractivity contribution in [2.45, 2.75) is 31.9 Å². The van der Waals surface area contributed by atoms with Crippen LogP contribution in [0.5, 0.6) is 17.4 Å². The van der Waals surface area contributed by atoms with Gasteiger partial charge >= 0.3 is 0 Å². The topological polar surface area (TPSA) is 106 Å². The molecule has 4 aromatic rings. The summed E-state index contributed by atoms with van der Waals surface area (Å²) in [6.45, 7) is 4.18. The van der Waals surface area contributed by atoms with Crippen molar-refractivity contribution in [1.82, 2.24) is 15.0 Å². The Balaban J connectivity index is 1.45. The van der Waals surface area contributed by atoms with E-state index in [1.807, 2.05) is 44.2 Å². The van der Waals surface area contributed by atoms with E-state index in [1.165, 1.54) is 11.8 Å². The van der Waals surface area contributed by atoms with E-state index >= 15 is 0 Å². The van der Waals surface area contributed by atoms with E-state index in [0.29, 0.717) is 63.0 Å². The van der Waals surface area contributed by atoms with Crippen LogP contribution in [0.4, 0.5) is 5.69 Å². The second-order valence-corrected chi connectivity index (χ2v) is 9.89. The molecule has 3 heterocycles. The zero-order valence-corrected chi connectivity index (χ0v) is 22.4. The van der Waals surface area contributed by atoms with Crippen LogP contribution < -0.4 is 14.8 Å². The summed E-state index contributed by atoms with van der Waals surface area (Å²) in [5, 5.41) is 13.9. The third-order valence-electron chi connectivity index (χ3n) is 5.96. The molecule has 0 saturated carbocycles. The zero-order valence-electron chi connectivity index (χ0n) is 20.8. The van der Waals surface area contributed by atoms with Gasteiger partial charge in [-0.25, -0.2) is 4.98 Å². The Morgan fingerprint density at radius 3 is 2.68 bits per heavy atom. The molecule has 0 atom stereocenters. The van der Waals surface area contributed by atoms with Crippen molar-refractivity contribution in [2.24, 2.45) is 0 Å². The molecule has 1 amide bonds. The molecule has 0 radical (unpaired) electrons. The molecular formula is C28H25ClN4O4S. The number of fused-ring (bicyclic) bond motifs is 2. The normalized spacial score (nSPS) is 11.8. The Morgan fingerprint density at radius 1 is 1.16 bits per heavy atom. The molecule has 2 aromatic heterocycles. The van der Waals surface area contributed by atoms with E-state index in [4.69, 9.17) is 26.1 Å². The molecule has 1 aliphatic rings. The molecule has 2 N–H and O–H groups in total. The monoisotopic (exact) mass is 548 g/mol. The van der Waals surface area contributed by atoms with Crippen LogP contribution >= 0.6 is 23.4 Å². The number of hydrogen-bond donors (Lipinski definition) is 2. The second-order valence-electron chi connectivity index (χ2n) is 8.52. The van der Waals surface area contributed by atoms with Crippen molar-refractivity contribution in [3.8, 4) is 28.8 Å². The van der Waals surface area contributed by atoms with E-state index in [2.05, 4.69) is 15.3 Å². The number of nitrogens with zero attached hydrogens (tertiary/aromatic N) is 3. The molecule has 0 saturated heterocycles. The fourth-order valence-electron chi connectivity index (χ4n) is 4.11. The smallest absolute Gasteiger partial charge is 0.234 e. The highest BCUT2D eigenvalue weighted by Crippen LogP contribution is 2.43. The Hall–Kier alpha value is -3.66. The minimum absolute atomic E-state index is 0.119. The van der Waals surface area contributed by atoms with Crippen molar-refractivity contribution in [1.29, 1.82) is 0 Å². The number of nitrogens with one attached hydrogen (secondary N) is 1. The first-order valence-corrected chi connectivity index (χ1v) is 13.4. The van der Waals surface area contributed by atoms with Gasteiger partial charge in [0.2, 0.25) is 11.8 Å². The zero-order chi connectivity index (χ0) is 26.6. The Labute approximate surface area is 229 Å². The molecule has 8 nitrogen and oxygen atoms in total. The lowest BCUT2D eigenvalue weighted by Gasteiger charge is -2.24. The average Bonchev–Trinajstić information content (AvgIpc) is 2.92. The molecular weight excluding hydrogens is 524 g/mol. The predicted octanol–water partition coefficient (Wildman–Crippen LogP) is 5.82. The maximum absolute atomic E-state index is 12.8. The Bertz CT molecular complexity index is 1500. The van der Waals surface area contributed by atoms with E-state index in [1.54, 1.807) is 24.4 Å². The number of aryl methyl sites for hydroxylation is 1. The van der Waals surface area contributed by atoms with Crippen LogP contribution in [0, 0.1) is 6.92 Å². The largest absolute Gasteiger partial charge is 0.494 e. The number of amides is 1. The summed E-state index contributed by atoms with van der Waals surface area (Å²) >= 11 is 7.74. The van der Waals surface area contributed by atoms with Crippen molar-refractivity contribution in [2.75, 3.05) is 17.7 Å². The van der Waals surface area contributed by atoms with Crippen molar-refractivity contribution in [3.63, 3.8) is 0 Å². The summed E-state index contributed by atoms with van der Waals surface area (Å²) in [5.41, 5.74) is 4.29. The highest BCUT2D eigenvalue weighted by molar-refractivity contribution is 8.00. The molecule has 194 valence electrons. The number of hydrogen-bond acceptors (Lipinski definition) is 8. The predicted molar refractivity (Wildman–Crippen MR) is 147 cm³/mol. The van der Waals surface area contributed by atoms with Crippen molar-refractivity contribution >= 4 is 35.0 Å². The molecule has 10 heteroatoms. The molecule has 0 bridgehead atoms. The van der Waals surface area contributed by atoms with Gasteiger partial charge in [0.05, 0.1) is 35.2 Å². The number of anilines is 1. The summed E-state index contributed by atoms with van der Waals surface area (Å²) in [4.78, 5) is 26.6. The highest BCUT2D eigenvalue weighted by Gasteiger charge is 2.28. The fourth-order valence-corrected chi connectivity index (χ4v) is 5.15. The van der Waals surface area contributed by atoms with E-state index in [9.17, 15) is 9.90 Å². The standard InChI is InChI=1S/C28H25ClN4O4S/c1-3-36-19-10-8-18(9-11-19)31-24(35)15-38-28-22-12-21-17(14-34)13-30-16(2)25(21)37-27(22)32-26(33-28)20-6-4-5-7-23(20)29/h4-11,13,34H,3,12,14-15H2,1-2H3,(H,31,35). The first kappa shape index (κ1) is 26.0. The number of halogens is 1. The van der Waals surface area contributed by atoms with Crippen LogP contribution in [0.15, 0.2) is 59.8 Å². The second kappa shape index (κ2) is 11.4. The van der Waals surface area contributed by atoms with Crippen LogP contribution in [0.1, 0.15) is 29.3 Å². The number of carbonyl (C=O) groups excluding carboxylic acids is 1. The van der Waals surface area contributed by atoms with Gasteiger partial charge in [0, 0.05) is 35.0 Å². The fraction of sp³-hybridized carbons (Fsp3) is 0.214. The molecule has 5 rings (SSSR count). The SMILES string of the molecule is CCOc1ccc(NC(=O)CSc2nc(-c3ccccc3Cl)nc3c2Cc2c(CO)cnc(C)c2O3)cc1. The lowest BCUT2D eigenvalue weighted by molar-refractivity contribution is -0.113. The van der Waals surface area contributed by atoms with Crippen LogP contribution in [-0.2, 0) is 17.8 Å². The van der Waals surface area contributed by atoms with E-state index < -0.39 is 0 Å². The van der Waals surface area contributed by atoms with Gasteiger partial charge in [0.25, 0.3) is 0 Å². The van der Waals surface area contributed by atoms with Crippen LogP contribution in [0.25, 0.3) is 11.4 Å². The summed E-state index contributed by atoms with van der Waals surface area (Å²) < 4.78 is 11.7. The number of rotatable bonds is 8. The molecule has 2 aromatic carbocycles. The van der Waals surface area contributed by atoms with Gasteiger partial charge in [0.15, 0.2) is 11.6 Å². The molecule has 38 heavy (non-hydrogen) atoms. The average molecular weight is 549 g/mol. The molecule has 0 aliphatic carbocycles. The molecule has 0 spiro atoms. The number of benzene rings is 2. The highest BCUT2D eigenvalue weighted by atomic mass is 35.5. The van der Waals surface area contributed by atoms with E-state index in [0.717, 1.165) is 16.9 Å². The molecule has 1 aliphatic heterocycles. The van der Waals surface area contributed by atoms with Gasteiger partial charge in [-0.3, -0.25) is 9.78 Å². The van der Waals surface area contributed by atoms with Gasteiger partial charge in [-0.15, -0.1) is 0 Å². The summed E-state index contributed by atoms with van der Waals surface area (Å²) in [5.74, 6) is 2.05. The van der Waals surface area contributed by atoms with Gasteiger partial charge in [-0.1, -0.05) is 35.5 Å². The lowest BCUT2D eigenvalue weighted by Crippen LogP contribution is -2.16. The van der Waals surface area contributed by atoms with Crippen molar-refractivity contribution in [3.05, 3.63) is 82.1 Å². The maximum Gasteiger partial charge on any atom is 0.234 e. The van der Waals surface area contributed by atoms with Crippen LogP contribution in [0.3, 0.4) is 0 Å². The first-order chi connectivity index (χ1) is 18.5. The van der Waals surface area contributed by atoms with E-state index in [-0.39, 0.29) is 18.3 Å². The lowest BCUT2D eigenvalue weighted by atomic mass is 9.99. The number of carbonyl (C=O) groups is 1. The minimum Gasteiger partial charge on any atom is -0.494 e. The van der Waals surface area contributed by atoms with Gasteiger partial charge in [0.1, 0.15) is 10.8 Å². The minimum atomic E-state index is -0.181. The van der Waals surface area contributed by atoms with Gasteiger partial charge in [-0.05, 0) is 50.2 Å². The number of aliphatic hydroxyl groups excluding tert-OH is 1. The summed E-state index contributed by atoms with van der Waals surface area (Å²) in [6, 6.07) is 14.5. The number of thioether (sulfide) groups is 1. The summed E-state index contributed by atoms with van der Waals surface area (Å²) in [6.07, 6.45) is 2.09. The number of pyridine rings is 1.